The number of hydrogen-bond acceptors (Lipinski definition) is 10. The number of hydrogen-bond donors (Lipinski definition) is 6. The van der Waals surface area contributed by atoms with E-state index in [1.165, 1.54) is 6.66 Å². The predicted octanol–water partition coefficient (Wildman–Crippen LogP) is 4.39. The van der Waals surface area contributed by atoms with Crippen LogP contribution in [0.3, 0.4) is 0 Å². The summed E-state index contributed by atoms with van der Waals surface area (Å²) in [6.45, 7) is 4.69. The molecule has 47 heavy (non-hydrogen) atoms. The lowest BCUT2D eigenvalue weighted by Crippen LogP contribution is -2.59. The summed E-state index contributed by atoms with van der Waals surface area (Å²) in [4.78, 5) is 58.6. The van der Waals surface area contributed by atoms with Crippen LogP contribution in [0.4, 0.5) is 4.79 Å². The molecule has 4 fully saturated rings. The monoisotopic (exact) mass is 719 g/mol. The average Bonchev–Trinajstić information content (AvgIpc) is 3.33. The van der Waals surface area contributed by atoms with Gasteiger partial charge in [0.2, 0.25) is 11.8 Å². The van der Waals surface area contributed by atoms with Gasteiger partial charge < -0.3 is 34.4 Å². The van der Waals surface area contributed by atoms with E-state index in [9.17, 15) is 29.2 Å². The maximum atomic E-state index is 12.7. The summed E-state index contributed by atoms with van der Waals surface area (Å²) < 4.78 is 18.7. The van der Waals surface area contributed by atoms with E-state index in [0.29, 0.717) is 42.8 Å². The molecule has 0 radical (unpaired) electrons. The number of Topliss-reactive ketones (excluding diaryl/α,β-unsaturated/α-hetero) is 1. The third kappa shape index (κ3) is 9.49. The number of ketones is 1. The fourth-order valence-electron chi connectivity index (χ4n) is 10.0. The Morgan fingerprint density at radius 2 is 1.70 bits per heavy atom. The summed E-state index contributed by atoms with van der Waals surface area (Å²) in [5, 5.41) is 19.3. The van der Waals surface area contributed by atoms with Crippen LogP contribution in [0.2, 0.25) is 0 Å². The van der Waals surface area contributed by atoms with Crippen molar-refractivity contribution in [3.8, 4) is 0 Å². The van der Waals surface area contributed by atoms with E-state index in [1.54, 1.807) is 0 Å². The molecule has 0 aliphatic heterocycles. The molecule has 0 bridgehead atoms. The van der Waals surface area contributed by atoms with Crippen LogP contribution in [0.1, 0.15) is 91.4 Å². The van der Waals surface area contributed by atoms with Gasteiger partial charge in [-0.05, 0) is 122 Å². The van der Waals surface area contributed by atoms with E-state index in [0.717, 1.165) is 57.0 Å². The lowest BCUT2D eigenvalue weighted by atomic mass is 9.43. The number of rotatable bonds is 14. The van der Waals surface area contributed by atoms with Gasteiger partial charge in [-0.3, -0.25) is 19.7 Å². The van der Waals surface area contributed by atoms with Crippen molar-refractivity contribution in [1.82, 2.24) is 16.0 Å². The third-order valence-corrected chi connectivity index (χ3v) is 13.5. The Morgan fingerprint density at radius 3 is 2.40 bits per heavy atom. The Labute approximate surface area is 288 Å². The third-order valence-electron chi connectivity index (χ3n) is 12.1. The Hall–Kier alpha value is -1.28. The first-order chi connectivity index (χ1) is 22.1. The van der Waals surface area contributed by atoms with Gasteiger partial charge in [-0.25, -0.2) is 4.79 Å². The predicted molar refractivity (Wildman–Crippen MR) is 183 cm³/mol. The van der Waals surface area contributed by atoms with Crippen molar-refractivity contribution in [1.29, 1.82) is 0 Å². The van der Waals surface area contributed by atoms with Crippen molar-refractivity contribution in [2.24, 2.45) is 46.3 Å². The number of nitrogens with one attached hydrogen (secondary N) is 3. The van der Waals surface area contributed by atoms with Gasteiger partial charge in [-0.15, -0.1) is 0 Å². The summed E-state index contributed by atoms with van der Waals surface area (Å²) in [5.74, 6) is 1.83. The van der Waals surface area contributed by atoms with Crippen molar-refractivity contribution in [3.63, 3.8) is 0 Å². The Balaban J connectivity index is 1.25. The van der Waals surface area contributed by atoms with Crippen LogP contribution in [-0.2, 0) is 35.5 Å². The van der Waals surface area contributed by atoms with E-state index in [2.05, 4.69) is 36.7 Å². The normalized spacial score (nSPS) is 36.4. The molecular formula is C32H54N3O9PS2. The van der Waals surface area contributed by atoms with Crippen molar-refractivity contribution in [2.45, 2.75) is 104 Å². The van der Waals surface area contributed by atoms with Crippen LogP contribution < -0.4 is 16.0 Å². The van der Waals surface area contributed by atoms with Crippen LogP contribution in [-0.4, -0.2) is 76.3 Å². The highest BCUT2D eigenvalue weighted by Gasteiger charge is 2.63. The first kappa shape index (κ1) is 38.5. The molecule has 0 saturated heterocycles. The first-order valence-corrected chi connectivity index (χ1v) is 21.0. The molecule has 0 heterocycles. The molecule has 4 aliphatic carbocycles. The second kappa shape index (κ2) is 16.2. The van der Waals surface area contributed by atoms with Crippen LogP contribution >= 0.6 is 18.5 Å². The topological polar surface area (TPSA) is 184 Å². The molecule has 12 nitrogen and oxygen atoms in total. The number of amides is 3. The van der Waals surface area contributed by atoms with E-state index >= 15 is 0 Å². The number of aliphatic hydroxyl groups is 1. The maximum absolute atomic E-state index is 12.7. The molecule has 4 rings (SSSR count). The minimum Gasteiger partial charge on any atom is -0.428 e. The van der Waals surface area contributed by atoms with Crippen LogP contribution in [0.5, 0.6) is 0 Å². The van der Waals surface area contributed by atoms with Gasteiger partial charge in [-0.1, -0.05) is 20.8 Å². The second-order valence-corrected chi connectivity index (χ2v) is 19.5. The fourth-order valence-corrected chi connectivity index (χ4v) is 10.8. The lowest BCUT2D eigenvalue weighted by molar-refractivity contribution is -0.167. The molecule has 4 saturated carbocycles. The molecular weight excluding hydrogens is 665 g/mol. The molecule has 4 aliphatic rings. The highest BCUT2D eigenvalue weighted by atomic mass is 32.5. The van der Waals surface area contributed by atoms with Gasteiger partial charge in [0.25, 0.3) is 0 Å². The van der Waals surface area contributed by atoms with Gasteiger partial charge in [0.05, 0.1) is 6.10 Å². The summed E-state index contributed by atoms with van der Waals surface area (Å²) in [5.41, 5.74) is 0.192. The van der Waals surface area contributed by atoms with Crippen LogP contribution in [0.15, 0.2) is 0 Å². The number of aliphatic hydroxyl groups excluding tert-OH is 1. The smallest absolute Gasteiger partial charge is 0.410 e. The molecule has 7 unspecified atom stereocenters. The first-order valence-electron chi connectivity index (χ1n) is 16.9. The molecule has 6 N–H and O–H groups in total. The summed E-state index contributed by atoms with van der Waals surface area (Å²) >= 11 is 5.43. The van der Waals surface area contributed by atoms with Crippen molar-refractivity contribution in [3.05, 3.63) is 0 Å². The Bertz CT molecular complexity index is 1210. The quantitative estimate of drug-likeness (QED) is 0.0648. The number of fused-ring (bicyclic) bond motifs is 5. The number of alkyl carbamates (subject to hydrolysis) is 1. The van der Waals surface area contributed by atoms with Crippen molar-refractivity contribution >= 4 is 54.0 Å². The lowest BCUT2D eigenvalue weighted by Gasteiger charge is -2.62. The molecule has 0 spiro atoms. The molecule has 3 amide bonds. The van der Waals surface area contributed by atoms with Crippen molar-refractivity contribution in [2.75, 3.05) is 25.9 Å². The Morgan fingerprint density at radius 1 is 1.00 bits per heavy atom. The fraction of sp³-hybridized carbons (Fsp3) is 0.875. The molecule has 0 aromatic carbocycles. The molecule has 0 aromatic rings. The SMILES string of the molecule is C[C@@H](CC(=O)CCSO)C1CCC2C3C(O)CC4C[C@@H](NC(=O)CC(=O)NCOC(=O)NCOP(C)(O)=S)CC[C@@]4(C)C3CC[C@]21C. The maximum Gasteiger partial charge on any atom is 0.410 e. The largest absolute Gasteiger partial charge is 0.428 e. The number of ether oxygens (including phenoxy) is 1. The molecule has 15 heteroatoms. The molecule has 268 valence electrons. The minimum atomic E-state index is -2.91. The average molecular weight is 720 g/mol. The van der Waals surface area contributed by atoms with E-state index in [4.69, 9.17) is 25.6 Å². The molecule has 0 aromatic heterocycles. The van der Waals surface area contributed by atoms with Gasteiger partial charge in [0.15, 0.2) is 13.2 Å². The number of carbonyl (C=O) groups is 4. The van der Waals surface area contributed by atoms with Gasteiger partial charge in [0, 0.05) is 31.3 Å². The highest BCUT2D eigenvalue weighted by molar-refractivity contribution is 8.09. The standard InChI is InChI=1S/C32H54N3O9PS2/c1-19(13-22(36)9-12-47-42)23-5-6-24-29-25(8-11-32(23,24)3)31(2)10-7-21(14-20(31)15-26(29)37)35-28(39)16-27(38)33-17-43-30(40)34-18-44-45(4,41)46/h19-21,23-26,29,37,42H,5-18H2,1-4H3,(H,33,38)(H,34,40)(H,35,39)(H,41,46)/t19-,20?,21-,23?,24?,25?,26?,29?,31+,32-,45?/m0/s1. The summed E-state index contributed by atoms with van der Waals surface area (Å²) in [6, 6.07) is -0.0732. The van der Waals surface area contributed by atoms with Gasteiger partial charge in [-0.2, -0.15) is 0 Å². The number of carbonyl (C=O) groups excluding carboxylic acids is 4. The van der Waals surface area contributed by atoms with E-state index < -0.39 is 43.7 Å². The van der Waals surface area contributed by atoms with E-state index in [-0.39, 0.29) is 47.1 Å². The highest BCUT2D eigenvalue weighted by Crippen LogP contribution is 2.68. The zero-order chi connectivity index (χ0) is 34.6. The summed E-state index contributed by atoms with van der Waals surface area (Å²) in [7, 11) is 0. The van der Waals surface area contributed by atoms with E-state index in [1.807, 2.05) is 0 Å². The molecule has 11 atom stereocenters. The van der Waals surface area contributed by atoms with Gasteiger partial charge in [0.1, 0.15) is 18.9 Å². The zero-order valence-corrected chi connectivity index (χ0v) is 30.6. The minimum absolute atomic E-state index is 0.0732. The second-order valence-electron chi connectivity index (χ2n) is 15.0. The van der Waals surface area contributed by atoms with Crippen LogP contribution in [0.25, 0.3) is 0 Å². The zero-order valence-electron chi connectivity index (χ0n) is 28.1. The van der Waals surface area contributed by atoms with Crippen LogP contribution in [0, 0.1) is 46.3 Å². The Kier molecular flexibility index (Phi) is 13.2. The van der Waals surface area contributed by atoms with Crippen molar-refractivity contribution < 1.29 is 43.0 Å². The van der Waals surface area contributed by atoms with Gasteiger partial charge >= 0.3 is 6.09 Å². The summed E-state index contributed by atoms with van der Waals surface area (Å²) in [6.07, 6.45) is 6.93.